The molecule has 2 rings (SSSR count). The smallest absolute Gasteiger partial charge is 0.224 e. The second kappa shape index (κ2) is 6.15. The van der Waals surface area contributed by atoms with Crippen molar-refractivity contribution >= 4 is 39.0 Å². The van der Waals surface area contributed by atoms with Gasteiger partial charge in [0.25, 0.3) is 0 Å². The minimum Gasteiger partial charge on any atom is -0.354 e. The summed E-state index contributed by atoms with van der Waals surface area (Å²) in [5.74, 6) is 1.60. The van der Waals surface area contributed by atoms with Crippen LogP contribution in [0.1, 0.15) is 11.8 Å². The van der Waals surface area contributed by atoms with E-state index in [1.807, 2.05) is 20.0 Å². The molecule has 0 aliphatic carbocycles. The van der Waals surface area contributed by atoms with Gasteiger partial charge in [0.15, 0.2) is 0 Å². The van der Waals surface area contributed by atoms with Gasteiger partial charge in [0, 0.05) is 34.5 Å². The topological polar surface area (TPSA) is 41.1 Å². The van der Waals surface area contributed by atoms with Crippen molar-refractivity contribution in [1.82, 2.24) is 9.97 Å². The standard InChI is InChI=1S/C12H15BrN4S/c1-3-14-12-15-5-4-11(16-12)17(2)7-10-6-9(13)8-18-10/h4-6,8H,3,7H2,1-2H3,(H,14,15,16). The van der Waals surface area contributed by atoms with Gasteiger partial charge >= 0.3 is 0 Å². The van der Waals surface area contributed by atoms with Crippen LogP contribution >= 0.6 is 27.3 Å². The molecule has 0 aliphatic heterocycles. The number of hydrogen-bond acceptors (Lipinski definition) is 5. The van der Waals surface area contributed by atoms with E-state index in [1.54, 1.807) is 17.5 Å². The molecule has 0 radical (unpaired) electrons. The van der Waals surface area contributed by atoms with Crippen molar-refractivity contribution in [2.75, 3.05) is 23.8 Å². The van der Waals surface area contributed by atoms with Gasteiger partial charge in [0.2, 0.25) is 5.95 Å². The highest BCUT2D eigenvalue weighted by Crippen LogP contribution is 2.22. The Balaban J connectivity index is 2.08. The van der Waals surface area contributed by atoms with Crippen molar-refractivity contribution in [2.45, 2.75) is 13.5 Å². The molecule has 0 spiro atoms. The van der Waals surface area contributed by atoms with E-state index in [-0.39, 0.29) is 0 Å². The fourth-order valence-corrected chi connectivity index (χ4v) is 3.06. The molecule has 0 atom stereocenters. The Kier molecular flexibility index (Phi) is 4.54. The highest BCUT2D eigenvalue weighted by atomic mass is 79.9. The van der Waals surface area contributed by atoms with E-state index < -0.39 is 0 Å². The van der Waals surface area contributed by atoms with E-state index >= 15 is 0 Å². The predicted molar refractivity (Wildman–Crippen MR) is 80.3 cm³/mol. The first-order valence-electron chi connectivity index (χ1n) is 5.70. The zero-order valence-electron chi connectivity index (χ0n) is 10.4. The Hall–Kier alpha value is -1.14. The minimum atomic E-state index is 0.675. The van der Waals surface area contributed by atoms with Crippen LogP contribution in [0.5, 0.6) is 0 Å². The second-order valence-corrected chi connectivity index (χ2v) is 5.77. The first-order valence-corrected chi connectivity index (χ1v) is 7.37. The molecular formula is C12H15BrN4S. The molecule has 6 heteroatoms. The average molecular weight is 327 g/mol. The maximum Gasteiger partial charge on any atom is 0.224 e. The lowest BCUT2D eigenvalue weighted by atomic mass is 10.4. The predicted octanol–water partition coefficient (Wildman–Crippen LogP) is 3.37. The van der Waals surface area contributed by atoms with Crippen LogP contribution in [0, 0.1) is 0 Å². The summed E-state index contributed by atoms with van der Waals surface area (Å²) >= 11 is 5.21. The van der Waals surface area contributed by atoms with Crippen molar-refractivity contribution in [3.63, 3.8) is 0 Å². The molecule has 0 amide bonds. The summed E-state index contributed by atoms with van der Waals surface area (Å²) in [7, 11) is 2.03. The van der Waals surface area contributed by atoms with Crippen LogP contribution < -0.4 is 10.2 Å². The summed E-state index contributed by atoms with van der Waals surface area (Å²) in [5.41, 5.74) is 0. The lowest BCUT2D eigenvalue weighted by Gasteiger charge is -2.17. The molecule has 1 N–H and O–H groups in total. The monoisotopic (exact) mass is 326 g/mol. The van der Waals surface area contributed by atoms with E-state index in [0.717, 1.165) is 23.4 Å². The normalized spacial score (nSPS) is 10.4. The summed E-state index contributed by atoms with van der Waals surface area (Å²) in [4.78, 5) is 12.0. The van der Waals surface area contributed by atoms with Crippen LogP contribution in [0.4, 0.5) is 11.8 Å². The molecule has 0 aliphatic rings. The summed E-state index contributed by atoms with van der Waals surface area (Å²) < 4.78 is 1.13. The summed E-state index contributed by atoms with van der Waals surface area (Å²) in [5, 5.41) is 5.21. The summed E-state index contributed by atoms with van der Waals surface area (Å²) in [6.45, 7) is 3.70. The van der Waals surface area contributed by atoms with E-state index in [1.165, 1.54) is 4.88 Å². The molecule has 0 saturated carbocycles. The maximum absolute atomic E-state index is 4.46. The highest BCUT2D eigenvalue weighted by molar-refractivity contribution is 9.10. The quantitative estimate of drug-likeness (QED) is 0.914. The van der Waals surface area contributed by atoms with E-state index in [9.17, 15) is 0 Å². The maximum atomic E-state index is 4.46. The van der Waals surface area contributed by atoms with Gasteiger partial charge in [0.1, 0.15) is 5.82 Å². The third-order valence-electron chi connectivity index (χ3n) is 2.38. The zero-order valence-corrected chi connectivity index (χ0v) is 12.8. The second-order valence-electron chi connectivity index (χ2n) is 3.86. The first-order chi connectivity index (χ1) is 8.69. The molecule has 0 aromatic carbocycles. The largest absolute Gasteiger partial charge is 0.354 e. The van der Waals surface area contributed by atoms with Crippen molar-refractivity contribution in [3.8, 4) is 0 Å². The number of nitrogens with one attached hydrogen (secondary N) is 1. The van der Waals surface area contributed by atoms with E-state index in [4.69, 9.17) is 0 Å². The molecule has 2 aromatic heterocycles. The molecule has 96 valence electrons. The summed E-state index contributed by atoms with van der Waals surface area (Å²) in [6, 6.07) is 4.05. The van der Waals surface area contributed by atoms with Gasteiger partial charge < -0.3 is 10.2 Å². The fraction of sp³-hybridized carbons (Fsp3) is 0.333. The van der Waals surface area contributed by atoms with E-state index in [2.05, 4.69) is 47.6 Å². The van der Waals surface area contributed by atoms with Crippen LogP contribution in [-0.4, -0.2) is 23.6 Å². The van der Waals surface area contributed by atoms with Crippen LogP contribution in [0.2, 0.25) is 0 Å². The first kappa shape index (κ1) is 13.3. The molecule has 18 heavy (non-hydrogen) atoms. The Morgan fingerprint density at radius 3 is 3.00 bits per heavy atom. The average Bonchev–Trinajstić information content (AvgIpc) is 2.75. The van der Waals surface area contributed by atoms with E-state index in [0.29, 0.717) is 5.95 Å². The van der Waals surface area contributed by atoms with Gasteiger partial charge in [-0.2, -0.15) is 4.98 Å². The molecule has 4 nitrogen and oxygen atoms in total. The number of thiophene rings is 1. The number of hydrogen-bond donors (Lipinski definition) is 1. The number of halogens is 1. The number of aromatic nitrogens is 2. The third-order valence-corrected chi connectivity index (χ3v) is 4.06. The van der Waals surface area contributed by atoms with Gasteiger partial charge in [-0.15, -0.1) is 11.3 Å². The van der Waals surface area contributed by atoms with Crippen LogP contribution in [-0.2, 0) is 6.54 Å². The van der Waals surface area contributed by atoms with Crippen LogP contribution in [0.25, 0.3) is 0 Å². The minimum absolute atomic E-state index is 0.675. The Morgan fingerprint density at radius 2 is 2.33 bits per heavy atom. The molecule has 0 saturated heterocycles. The number of rotatable bonds is 5. The van der Waals surface area contributed by atoms with Crippen LogP contribution in [0.15, 0.2) is 28.2 Å². The Labute approximate surface area is 119 Å². The van der Waals surface area contributed by atoms with Gasteiger partial charge in [0.05, 0.1) is 6.54 Å². The molecule has 0 fully saturated rings. The van der Waals surface area contributed by atoms with Gasteiger partial charge in [-0.05, 0) is 35.0 Å². The van der Waals surface area contributed by atoms with Crippen molar-refractivity contribution in [2.24, 2.45) is 0 Å². The highest BCUT2D eigenvalue weighted by Gasteiger charge is 2.06. The third kappa shape index (κ3) is 3.43. The molecule has 2 aromatic rings. The van der Waals surface area contributed by atoms with Gasteiger partial charge in [-0.25, -0.2) is 4.98 Å². The molecular weight excluding hydrogens is 312 g/mol. The lowest BCUT2D eigenvalue weighted by molar-refractivity contribution is 0.903. The fourth-order valence-electron chi connectivity index (χ4n) is 1.56. The molecule has 0 bridgehead atoms. The van der Waals surface area contributed by atoms with Crippen molar-refractivity contribution in [3.05, 3.63) is 33.1 Å². The van der Waals surface area contributed by atoms with Crippen LogP contribution in [0.3, 0.4) is 0 Å². The van der Waals surface area contributed by atoms with Gasteiger partial charge in [-0.1, -0.05) is 0 Å². The SMILES string of the molecule is CCNc1nccc(N(C)Cc2cc(Br)cs2)n1. The zero-order chi connectivity index (χ0) is 13.0. The number of anilines is 2. The van der Waals surface area contributed by atoms with Crippen molar-refractivity contribution in [1.29, 1.82) is 0 Å². The van der Waals surface area contributed by atoms with Crippen molar-refractivity contribution < 1.29 is 0 Å². The van der Waals surface area contributed by atoms with Gasteiger partial charge in [-0.3, -0.25) is 0 Å². The Morgan fingerprint density at radius 1 is 1.50 bits per heavy atom. The molecule has 0 unspecified atom stereocenters. The molecule has 2 heterocycles. The Bertz CT molecular complexity index is 514. The number of nitrogens with zero attached hydrogens (tertiary/aromatic N) is 3. The lowest BCUT2D eigenvalue weighted by Crippen LogP contribution is -2.17. The summed E-state index contributed by atoms with van der Waals surface area (Å²) in [6.07, 6.45) is 1.78.